The summed E-state index contributed by atoms with van der Waals surface area (Å²) in [5.41, 5.74) is 0.736. The number of rotatable bonds is 4. The number of carbonyl (C=O) groups excluding carboxylic acids is 1. The average Bonchev–Trinajstić information content (AvgIpc) is 2.09. The van der Waals surface area contributed by atoms with Crippen molar-refractivity contribution in [3.05, 3.63) is 23.8 Å². The van der Waals surface area contributed by atoms with Crippen LogP contribution in [-0.2, 0) is 11.2 Å². The van der Waals surface area contributed by atoms with Crippen LogP contribution in [0.25, 0.3) is 0 Å². The molecule has 1 N–H and O–H groups in total. The Balaban J connectivity index is 2.96. The molecule has 0 spiro atoms. The van der Waals surface area contributed by atoms with E-state index in [1.807, 2.05) is 6.92 Å². The van der Waals surface area contributed by atoms with Crippen molar-refractivity contribution in [2.24, 2.45) is 0 Å². The highest BCUT2D eigenvalue weighted by Crippen LogP contribution is 2.24. The highest BCUT2D eigenvalue weighted by Gasteiger charge is 2.06. The summed E-state index contributed by atoms with van der Waals surface area (Å²) in [6.45, 7) is 3.94. The number of benzene rings is 1. The number of phenols is 1. The second-order valence-electron chi connectivity index (χ2n) is 3.10. The van der Waals surface area contributed by atoms with Gasteiger partial charge in [0.25, 0.3) is 0 Å². The molecule has 0 aliphatic carbocycles. The lowest BCUT2D eigenvalue weighted by Crippen LogP contribution is -2.01. The molecule has 1 aromatic carbocycles. The molecule has 1 aromatic rings. The third-order valence-electron chi connectivity index (χ3n) is 1.78. The van der Waals surface area contributed by atoms with Crippen molar-refractivity contribution in [2.75, 3.05) is 6.61 Å². The van der Waals surface area contributed by atoms with Gasteiger partial charge in [-0.2, -0.15) is 0 Å². The lowest BCUT2D eigenvalue weighted by Gasteiger charge is -2.08. The molecule has 0 unspecified atom stereocenters. The standard InChI is InChI=1S/C11H14O3/c1-3-14-11-5-4-10(13)7-9(11)6-8(2)12/h4-5,7,13H,3,6H2,1-2H3. The molecule has 1 rings (SSSR count). The van der Waals surface area contributed by atoms with E-state index in [-0.39, 0.29) is 11.5 Å². The zero-order valence-electron chi connectivity index (χ0n) is 8.41. The SMILES string of the molecule is CCOc1ccc(O)cc1CC(C)=O. The van der Waals surface area contributed by atoms with Crippen molar-refractivity contribution in [3.63, 3.8) is 0 Å². The van der Waals surface area contributed by atoms with E-state index < -0.39 is 0 Å². The molecule has 76 valence electrons. The van der Waals surface area contributed by atoms with Gasteiger partial charge in [0, 0.05) is 12.0 Å². The minimum atomic E-state index is 0.0524. The van der Waals surface area contributed by atoms with Crippen molar-refractivity contribution in [1.29, 1.82) is 0 Å². The molecule has 0 aromatic heterocycles. The fraction of sp³-hybridized carbons (Fsp3) is 0.364. The Bertz CT molecular complexity index is 331. The van der Waals surface area contributed by atoms with Gasteiger partial charge >= 0.3 is 0 Å². The summed E-state index contributed by atoms with van der Waals surface area (Å²) in [4.78, 5) is 10.9. The maximum absolute atomic E-state index is 10.9. The molecular weight excluding hydrogens is 180 g/mol. The van der Waals surface area contributed by atoms with Gasteiger partial charge in [-0.15, -0.1) is 0 Å². The largest absolute Gasteiger partial charge is 0.508 e. The van der Waals surface area contributed by atoms with Gasteiger partial charge in [-0.1, -0.05) is 0 Å². The Morgan fingerprint density at radius 2 is 2.21 bits per heavy atom. The van der Waals surface area contributed by atoms with Crippen LogP contribution < -0.4 is 4.74 Å². The van der Waals surface area contributed by atoms with E-state index in [0.29, 0.717) is 18.8 Å². The molecule has 0 saturated heterocycles. The van der Waals surface area contributed by atoms with Crippen LogP contribution in [0.3, 0.4) is 0 Å². The van der Waals surface area contributed by atoms with Gasteiger partial charge in [0.15, 0.2) is 0 Å². The predicted octanol–water partition coefficient (Wildman–Crippen LogP) is 1.92. The van der Waals surface area contributed by atoms with E-state index in [1.165, 1.54) is 6.92 Å². The van der Waals surface area contributed by atoms with Gasteiger partial charge in [-0.05, 0) is 32.0 Å². The van der Waals surface area contributed by atoms with Gasteiger partial charge in [0.05, 0.1) is 6.61 Å². The monoisotopic (exact) mass is 194 g/mol. The van der Waals surface area contributed by atoms with E-state index in [4.69, 9.17) is 4.74 Å². The van der Waals surface area contributed by atoms with Gasteiger partial charge < -0.3 is 9.84 Å². The minimum absolute atomic E-state index is 0.0524. The summed E-state index contributed by atoms with van der Waals surface area (Å²) < 4.78 is 5.33. The molecular formula is C11H14O3. The van der Waals surface area contributed by atoms with Gasteiger partial charge in [-0.25, -0.2) is 0 Å². The Hall–Kier alpha value is -1.51. The van der Waals surface area contributed by atoms with Crippen LogP contribution >= 0.6 is 0 Å². The first-order valence-corrected chi connectivity index (χ1v) is 4.57. The molecule has 14 heavy (non-hydrogen) atoms. The number of ketones is 1. The van der Waals surface area contributed by atoms with E-state index >= 15 is 0 Å². The number of carbonyl (C=O) groups is 1. The Labute approximate surface area is 83.3 Å². The molecule has 0 heterocycles. The average molecular weight is 194 g/mol. The van der Waals surface area contributed by atoms with Crippen molar-refractivity contribution in [3.8, 4) is 11.5 Å². The summed E-state index contributed by atoms with van der Waals surface area (Å²) >= 11 is 0. The highest BCUT2D eigenvalue weighted by molar-refractivity contribution is 5.79. The second-order valence-corrected chi connectivity index (χ2v) is 3.10. The first-order valence-electron chi connectivity index (χ1n) is 4.57. The smallest absolute Gasteiger partial charge is 0.134 e. The Morgan fingerprint density at radius 3 is 2.79 bits per heavy atom. The van der Waals surface area contributed by atoms with Crippen LogP contribution in [0, 0.1) is 0 Å². The summed E-state index contributed by atoms with van der Waals surface area (Å²) in [6, 6.07) is 4.79. The Morgan fingerprint density at radius 1 is 1.50 bits per heavy atom. The zero-order valence-corrected chi connectivity index (χ0v) is 8.41. The van der Waals surface area contributed by atoms with Crippen molar-refractivity contribution in [1.82, 2.24) is 0 Å². The van der Waals surface area contributed by atoms with Crippen molar-refractivity contribution < 1.29 is 14.6 Å². The summed E-state index contributed by atoms with van der Waals surface area (Å²) in [6.07, 6.45) is 0.295. The summed E-state index contributed by atoms with van der Waals surface area (Å²) in [5.74, 6) is 0.877. The van der Waals surface area contributed by atoms with Gasteiger partial charge in [0.2, 0.25) is 0 Å². The van der Waals surface area contributed by atoms with Crippen LogP contribution in [0.5, 0.6) is 11.5 Å². The first-order chi connectivity index (χ1) is 6.63. The minimum Gasteiger partial charge on any atom is -0.508 e. The normalized spacial score (nSPS) is 9.86. The molecule has 0 aliphatic rings. The lowest BCUT2D eigenvalue weighted by atomic mass is 10.1. The zero-order chi connectivity index (χ0) is 10.6. The quantitative estimate of drug-likeness (QED) is 0.796. The number of Topliss-reactive ketones (excluding diaryl/α,β-unsaturated/α-hetero) is 1. The first kappa shape index (κ1) is 10.6. The van der Waals surface area contributed by atoms with E-state index in [1.54, 1.807) is 18.2 Å². The van der Waals surface area contributed by atoms with E-state index in [0.717, 1.165) is 5.56 Å². The molecule has 0 atom stereocenters. The van der Waals surface area contributed by atoms with Crippen LogP contribution in [0.2, 0.25) is 0 Å². The number of hydrogen-bond acceptors (Lipinski definition) is 3. The lowest BCUT2D eigenvalue weighted by molar-refractivity contribution is -0.116. The van der Waals surface area contributed by atoms with Crippen LogP contribution in [0.4, 0.5) is 0 Å². The number of aromatic hydroxyl groups is 1. The summed E-state index contributed by atoms with van der Waals surface area (Å²) in [5, 5.41) is 9.25. The van der Waals surface area contributed by atoms with Gasteiger partial charge in [-0.3, -0.25) is 4.79 Å². The molecule has 3 nitrogen and oxygen atoms in total. The van der Waals surface area contributed by atoms with E-state index in [2.05, 4.69) is 0 Å². The third-order valence-corrected chi connectivity index (χ3v) is 1.78. The third kappa shape index (κ3) is 2.76. The van der Waals surface area contributed by atoms with E-state index in [9.17, 15) is 9.90 Å². The van der Waals surface area contributed by atoms with Crippen LogP contribution in [0.15, 0.2) is 18.2 Å². The number of phenolic OH excluding ortho intramolecular Hbond substituents is 1. The maximum atomic E-state index is 10.9. The summed E-state index contributed by atoms with van der Waals surface area (Å²) in [7, 11) is 0. The Kier molecular flexibility index (Phi) is 3.51. The van der Waals surface area contributed by atoms with Crippen LogP contribution in [-0.4, -0.2) is 17.5 Å². The van der Waals surface area contributed by atoms with Crippen molar-refractivity contribution >= 4 is 5.78 Å². The highest BCUT2D eigenvalue weighted by atomic mass is 16.5. The predicted molar refractivity (Wildman–Crippen MR) is 53.7 cm³/mol. The number of ether oxygens (including phenoxy) is 1. The fourth-order valence-corrected chi connectivity index (χ4v) is 1.27. The van der Waals surface area contributed by atoms with Crippen molar-refractivity contribution in [2.45, 2.75) is 20.3 Å². The molecule has 3 heteroatoms. The van der Waals surface area contributed by atoms with Crippen LogP contribution in [0.1, 0.15) is 19.4 Å². The second kappa shape index (κ2) is 4.65. The molecule has 0 fully saturated rings. The van der Waals surface area contributed by atoms with Gasteiger partial charge in [0.1, 0.15) is 17.3 Å². The number of hydrogen-bond donors (Lipinski definition) is 1. The molecule has 0 aliphatic heterocycles. The molecule has 0 saturated carbocycles. The topological polar surface area (TPSA) is 46.5 Å². The molecule has 0 bridgehead atoms. The molecule has 0 amide bonds. The fourth-order valence-electron chi connectivity index (χ4n) is 1.27. The maximum Gasteiger partial charge on any atom is 0.134 e. The molecule has 0 radical (unpaired) electrons.